The van der Waals surface area contributed by atoms with Crippen molar-refractivity contribution < 1.29 is 13.6 Å². The highest BCUT2D eigenvalue weighted by molar-refractivity contribution is 6.40. The Bertz CT molecular complexity index is 726. The van der Waals surface area contributed by atoms with E-state index in [4.69, 9.17) is 27.6 Å². The van der Waals surface area contributed by atoms with E-state index in [9.17, 15) is 9.18 Å². The van der Waals surface area contributed by atoms with Crippen LogP contribution < -0.4 is 5.43 Å². The zero-order chi connectivity index (χ0) is 15.6. The van der Waals surface area contributed by atoms with Crippen LogP contribution in [0.3, 0.4) is 0 Å². The molecular weight excluding hydrogens is 318 g/mol. The molecule has 1 aromatic heterocycles. The van der Waals surface area contributed by atoms with Gasteiger partial charge in [-0.3, -0.25) is 4.79 Å². The quantitative estimate of drug-likeness (QED) is 0.521. The van der Waals surface area contributed by atoms with Gasteiger partial charge in [0.25, 0.3) is 5.91 Å². The number of nitrogens with zero attached hydrogens (tertiary/aromatic N) is 1. The lowest BCUT2D eigenvalue weighted by atomic mass is 10.1. The van der Waals surface area contributed by atoms with Crippen molar-refractivity contribution in [2.24, 2.45) is 5.10 Å². The van der Waals surface area contributed by atoms with Crippen molar-refractivity contribution in [3.05, 3.63) is 57.2 Å². The molecule has 0 saturated carbocycles. The first kappa shape index (κ1) is 15.5. The van der Waals surface area contributed by atoms with Crippen LogP contribution in [0.1, 0.15) is 28.6 Å². The second-order valence-corrected chi connectivity index (χ2v) is 5.03. The van der Waals surface area contributed by atoms with Gasteiger partial charge in [0.15, 0.2) is 0 Å². The predicted octanol–water partition coefficient (Wildman–Crippen LogP) is 4.19. The Balaban J connectivity index is 2.25. The Labute approximate surface area is 130 Å². The first-order valence-corrected chi connectivity index (χ1v) is 6.70. The number of nitrogens with one attached hydrogen (secondary N) is 1. The van der Waals surface area contributed by atoms with E-state index in [1.807, 2.05) is 0 Å². The molecular formula is C14H11Cl2FN2O2. The van der Waals surface area contributed by atoms with Gasteiger partial charge in [-0.2, -0.15) is 5.10 Å². The van der Waals surface area contributed by atoms with E-state index in [-0.39, 0.29) is 15.6 Å². The fourth-order valence-corrected chi connectivity index (χ4v) is 2.37. The fourth-order valence-electron chi connectivity index (χ4n) is 1.73. The van der Waals surface area contributed by atoms with Crippen molar-refractivity contribution in [2.75, 3.05) is 0 Å². The van der Waals surface area contributed by atoms with Crippen molar-refractivity contribution in [1.29, 1.82) is 0 Å². The van der Waals surface area contributed by atoms with E-state index >= 15 is 0 Å². The summed E-state index contributed by atoms with van der Waals surface area (Å²) in [5, 5.41) is 4.00. The van der Waals surface area contributed by atoms with E-state index in [1.54, 1.807) is 13.8 Å². The van der Waals surface area contributed by atoms with Crippen LogP contribution in [0.15, 0.2) is 34.0 Å². The van der Waals surface area contributed by atoms with Gasteiger partial charge in [0.1, 0.15) is 11.6 Å². The Morgan fingerprint density at radius 1 is 1.33 bits per heavy atom. The monoisotopic (exact) mass is 328 g/mol. The molecule has 2 aromatic rings. The summed E-state index contributed by atoms with van der Waals surface area (Å²) in [5.41, 5.74) is 3.24. The van der Waals surface area contributed by atoms with E-state index < -0.39 is 11.7 Å². The number of hydrogen-bond donors (Lipinski definition) is 1. The molecule has 0 bridgehead atoms. The zero-order valence-corrected chi connectivity index (χ0v) is 12.7. The maximum atomic E-state index is 13.4. The second-order valence-electron chi connectivity index (χ2n) is 4.25. The standard InChI is InChI=1S/C14H11Cl2FN2O2/c1-7(12-10(15)3-4-11(17)13(12)16)18-19-14(20)9-5-6-21-8(9)2/h3-6H,1-2H3,(H,19,20)/b18-7-. The van der Waals surface area contributed by atoms with Crippen LogP contribution in [0.4, 0.5) is 4.39 Å². The number of amides is 1. The van der Waals surface area contributed by atoms with E-state index in [0.29, 0.717) is 17.0 Å². The predicted molar refractivity (Wildman–Crippen MR) is 79.5 cm³/mol. The smallest absolute Gasteiger partial charge is 0.274 e. The molecule has 1 heterocycles. The molecule has 0 saturated heterocycles. The van der Waals surface area contributed by atoms with Crippen LogP contribution in [-0.2, 0) is 0 Å². The van der Waals surface area contributed by atoms with Crippen molar-refractivity contribution in [3.8, 4) is 0 Å². The highest BCUT2D eigenvalue weighted by Gasteiger charge is 2.15. The highest BCUT2D eigenvalue weighted by atomic mass is 35.5. The van der Waals surface area contributed by atoms with Crippen molar-refractivity contribution in [3.63, 3.8) is 0 Å². The number of hydrogen-bond acceptors (Lipinski definition) is 3. The number of carbonyl (C=O) groups excluding carboxylic acids is 1. The zero-order valence-electron chi connectivity index (χ0n) is 11.2. The summed E-state index contributed by atoms with van der Waals surface area (Å²) in [6.07, 6.45) is 1.40. The van der Waals surface area contributed by atoms with Gasteiger partial charge in [-0.1, -0.05) is 23.2 Å². The average Bonchev–Trinajstić information content (AvgIpc) is 2.87. The summed E-state index contributed by atoms with van der Waals surface area (Å²) in [5.74, 6) is -0.575. The van der Waals surface area contributed by atoms with E-state index in [2.05, 4.69) is 10.5 Å². The minimum Gasteiger partial charge on any atom is -0.469 e. The molecule has 110 valence electrons. The number of rotatable bonds is 3. The molecule has 1 aromatic carbocycles. The topological polar surface area (TPSA) is 54.6 Å². The lowest BCUT2D eigenvalue weighted by Crippen LogP contribution is -2.19. The summed E-state index contributed by atoms with van der Waals surface area (Å²) >= 11 is 11.8. The van der Waals surface area contributed by atoms with Crippen LogP contribution in [-0.4, -0.2) is 11.6 Å². The van der Waals surface area contributed by atoms with E-state index in [1.165, 1.54) is 18.4 Å². The molecule has 0 fully saturated rings. The molecule has 21 heavy (non-hydrogen) atoms. The molecule has 2 rings (SSSR count). The number of benzene rings is 1. The summed E-state index contributed by atoms with van der Waals surface area (Å²) in [6, 6.07) is 4.06. The fraction of sp³-hybridized carbons (Fsp3) is 0.143. The lowest BCUT2D eigenvalue weighted by Gasteiger charge is -2.07. The molecule has 1 N–H and O–H groups in total. The molecule has 0 atom stereocenters. The van der Waals surface area contributed by atoms with Crippen LogP contribution >= 0.6 is 23.2 Å². The third-order valence-corrected chi connectivity index (χ3v) is 3.52. The Hall–Kier alpha value is -1.85. The van der Waals surface area contributed by atoms with Crippen LogP contribution in [0, 0.1) is 12.7 Å². The molecule has 0 aliphatic heterocycles. The van der Waals surface area contributed by atoms with Gasteiger partial charge in [0.05, 0.1) is 27.6 Å². The summed E-state index contributed by atoms with van der Waals surface area (Å²) in [7, 11) is 0. The van der Waals surface area contributed by atoms with Crippen molar-refractivity contribution >= 4 is 34.8 Å². The summed E-state index contributed by atoms with van der Waals surface area (Å²) < 4.78 is 18.5. The molecule has 1 amide bonds. The molecule has 7 heteroatoms. The number of hydrazone groups is 1. The van der Waals surface area contributed by atoms with Crippen molar-refractivity contribution in [2.45, 2.75) is 13.8 Å². The summed E-state index contributed by atoms with van der Waals surface area (Å²) in [4.78, 5) is 11.9. The Morgan fingerprint density at radius 2 is 2.05 bits per heavy atom. The van der Waals surface area contributed by atoms with Crippen LogP contribution in [0.2, 0.25) is 10.0 Å². The Kier molecular flexibility index (Phi) is 4.65. The minimum absolute atomic E-state index is 0.141. The van der Waals surface area contributed by atoms with Gasteiger partial charge < -0.3 is 4.42 Å². The lowest BCUT2D eigenvalue weighted by molar-refractivity contribution is 0.0953. The van der Waals surface area contributed by atoms with Crippen LogP contribution in [0.5, 0.6) is 0 Å². The van der Waals surface area contributed by atoms with Gasteiger partial charge in [0, 0.05) is 5.56 Å². The van der Waals surface area contributed by atoms with Gasteiger partial charge in [-0.25, -0.2) is 9.82 Å². The first-order chi connectivity index (χ1) is 9.91. The average molecular weight is 329 g/mol. The first-order valence-electron chi connectivity index (χ1n) is 5.94. The van der Waals surface area contributed by atoms with Crippen molar-refractivity contribution in [1.82, 2.24) is 5.43 Å². The second kappa shape index (κ2) is 6.28. The molecule has 0 unspecified atom stereocenters. The number of halogens is 3. The molecule has 4 nitrogen and oxygen atoms in total. The molecule has 0 aliphatic rings. The SMILES string of the molecule is C/C(=N/NC(=O)c1ccoc1C)c1c(Cl)ccc(F)c1Cl. The largest absolute Gasteiger partial charge is 0.469 e. The third-order valence-electron chi connectivity index (χ3n) is 2.83. The summed E-state index contributed by atoms with van der Waals surface area (Å²) in [6.45, 7) is 3.22. The Morgan fingerprint density at radius 3 is 2.67 bits per heavy atom. The van der Waals surface area contributed by atoms with Gasteiger partial charge in [-0.05, 0) is 32.0 Å². The maximum absolute atomic E-state index is 13.4. The van der Waals surface area contributed by atoms with Gasteiger partial charge >= 0.3 is 0 Å². The number of carbonyl (C=O) groups is 1. The number of furan rings is 1. The normalized spacial score (nSPS) is 11.6. The minimum atomic E-state index is -0.609. The van der Waals surface area contributed by atoms with Gasteiger partial charge in [-0.15, -0.1) is 0 Å². The van der Waals surface area contributed by atoms with Crippen LogP contribution in [0.25, 0.3) is 0 Å². The molecule has 0 spiro atoms. The molecule has 0 aliphatic carbocycles. The number of aryl methyl sites for hydroxylation is 1. The molecule has 0 radical (unpaired) electrons. The third kappa shape index (κ3) is 3.25. The van der Waals surface area contributed by atoms with Gasteiger partial charge in [0.2, 0.25) is 0 Å². The maximum Gasteiger partial charge on any atom is 0.274 e. The van der Waals surface area contributed by atoms with E-state index in [0.717, 1.165) is 6.07 Å². The highest BCUT2D eigenvalue weighted by Crippen LogP contribution is 2.27.